The molecule has 0 unspecified atom stereocenters. The molecule has 3 heteroatoms. The normalized spacial score (nSPS) is 24.2. The summed E-state index contributed by atoms with van der Waals surface area (Å²) < 4.78 is 0. The molecule has 0 aromatic rings. The number of rotatable bonds is 1. The maximum atomic E-state index is 10.9. The van der Waals surface area contributed by atoms with Crippen LogP contribution in [-0.4, -0.2) is 15.4 Å². The van der Waals surface area contributed by atoms with Crippen molar-refractivity contribution in [3.63, 3.8) is 0 Å². The molecule has 0 bridgehead atoms. The van der Waals surface area contributed by atoms with Crippen molar-refractivity contribution in [1.82, 2.24) is 0 Å². The molecule has 0 spiro atoms. The highest BCUT2D eigenvalue weighted by Gasteiger charge is 2.31. The second kappa shape index (κ2) is 3.09. The summed E-state index contributed by atoms with van der Waals surface area (Å²) >= 11 is 3.84. The molecular weight excluding hydrogens is 160 g/mol. The van der Waals surface area contributed by atoms with Gasteiger partial charge in [0.05, 0.1) is 0 Å². The first-order valence-corrected chi connectivity index (χ1v) is 4.58. The van der Waals surface area contributed by atoms with Crippen LogP contribution >= 0.6 is 12.6 Å². The molecule has 0 N–H and O–H groups in total. The topological polar surface area (TPSA) is 17.1 Å². The Kier molecular flexibility index (Phi) is 2.58. The van der Waals surface area contributed by atoms with Crippen LogP contribution in [0.25, 0.3) is 0 Å². The fourth-order valence-electron chi connectivity index (χ4n) is 1.37. The van der Waals surface area contributed by atoms with Crippen LogP contribution < -0.4 is 0 Å². The van der Waals surface area contributed by atoms with Gasteiger partial charge >= 0.3 is 0 Å². The second-order valence-corrected chi connectivity index (χ2v) is 4.31. The van der Waals surface area contributed by atoms with Gasteiger partial charge in [-0.25, -0.2) is 0 Å². The Morgan fingerprint density at radius 3 is 2.10 bits per heavy atom. The second-order valence-electron chi connectivity index (χ2n) is 2.95. The number of hydrogen-bond donors (Lipinski definition) is 1. The highest BCUT2D eigenvalue weighted by Crippen LogP contribution is 2.41. The Balaban J connectivity index is 2.56. The van der Waals surface area contributed by atoms with Gasteiger partial charge in [-0.3, -0.25) is 4.79 Å². The zero-order valence-corrected chi connectivity index (χ0v) is 7.79. The van der Waals surface area contributed by atoms with E-state index in [9.17, 15) is 4.79 Å². The van der Waals surface area contributed by atoms with Gasteiger partial charge in [0.1, 0.15) is 0 Å². The molecule has 1 fully saturated rings. The van der Waals surface area contributed by atoms with E-state index in [2.05, 4.69) is 22.9 Å². The lowest BCUT2D eigenvalue weighted by Crippen LogP contribution is -2.23. The lowest BCUT2D eigenvalue weighted by atomic mass is 9.89. The SMILES string of the molecule is O=C(S)C1([Si])CCCCC1. The lowest BCUT2D eigenvalue weighted by molar-refractivity contribution is -0.114. The monoisotopic (exact) mass is 171 g/mol. The van der Waals surface area contributed by atoms with Crippen molar-refractivity contribution < 1.29 is 4.79 Å². The third-order valence-electron chi connectivity index (χ3n) is 2.12. The first kappa shape index (κ1) is 8.33. The summed E-state index contributed by atoms with van der Waals surface area (Å²) in [6.45, 7) is 0. The average molecular weight is 171 g/mol. The molecular formula is C7H11OSSi. The molecule has 3 radical (unpaired) electrons. The first-order valence-electron chi connectivity index (χ1n) is 3.63. The van der Waals surface area contributed by atoms with Crippen molar-refractivity contribution >= 4 is 28.0 Å². The summed E-state index contributed by atoms with van der Waals surface area (Å²) in [5, 5.41) is -0.301. The third kappa shape index (κ3) is 1.64. The van der Waals surface area contributed by atoms with Crippen LogP contribution in [0.5, 0.6) is 0 Å². The summed E-state index contributed by atoms with van der Waals surface area (Å²) in [4.78, 5) is 10.9. The van der Waals surface area contributed by atoms with Crippen LogP contribution in [0.1, 0.15) is 32.1 Å². The van der Waals surface area contributed by atoms with Crippen molar-refractivity contribution in [2.24, 2.45) is 0 Å². The molecule has 1 aliphatic carbocycles. The molecule has 0 atom stereocenters. The smallest absolute Gasteiger partial charge is 0.188 e. The largest absolute Gasteiger partial charge is 0.287 e. The quantitative estimate of drug-likeness (QED) is 0.470. The molecule has 0 heterocycles. The Hall–Kier alpha value is 0.237. The zero-order valence-electron chi connectivity index (χ0n) is 5.89. The van der Waals surface area contributed by atoms with Gasteiger partial charge in [0.2, 0.25) is 0 Å². The number of carbonyl (C=O) groups excluding carboxylic acids is 1. The Morgan fingerprint density at radius 2 is 1.80 bits per heavy atom. The third-order valence-corrected chi connectivity index (χ3v) is 3.48. The summed E-state index contributed by atoms with van der Waals surface area (Å²) in [7, 11) is 3.49. The summed E-state index contributed by atoms with van der Waals surface area (Å²) in [6.07, 6.45) is 5.46. The van der Waals surface area contributed by atoms with E-state index in [4.69, 9.17) is 0 Å². The van der Waals surface area contributed by atoms with Crippen LogP contribution in [0, 0.1) is 0 Å². The minimum atomic E-state index is -0.290. The molecule has 1 rings (SSSR count). The van der Waals surface area contributed by atoms with E-state index in [0.717, 1.165) is 25.7 Å². The number of thiol groups is 1. The van der Waals surface area contributed by atoms with Gasteiger partial charge in [0.25, 0.3) is 0 Å². The van der Waals surface area contributed by atoms with Crippen LogP contribution in [-0.2, 0) is 4.79 Å². The number of hydrogen-bond acceptors (Lipinski definition) is 1. The summed E-state index contributed by atoms with van der Waals surface area (Å²) in [6, 6.07) is 0. The molecule has 10 heavy (non-hydrogen) atoms. The van der Waals surface area contributed by atoms with Gasteiger partial charge in [-0.15, -0.1) is 12.6 Å². The fourth-order valence-corrected chi connectivity index (χ4v) is 1.95. The molecule has 0 saturated heterocycles. The predicted molar refractivity (Wildman–Crippen MR) is 45.5 cm³/mol. The molecule has 1 aliphatic rings. The highest BCUT2D eigenvalue weighted by atomic mass is 32.1. The summed E-state index contributed by atoms with van der Waals surface area (Å²) in [5.41, 5.74) is 0. The van der Waals surface area contributed by atoms with E-state index < -0.39 is 0 Å². The van der Waals surface area contributed by atoms with Crippen LogP contribution in [0.15, 0.2) is 0 Å². The van der Waals surface area contributed by atoms with Crippen LogP contribution in [0.3, 0.4) is 0 Å². The highest BCUT2D eigenvalue weighted by molar-refractivity contribution is 7.97. The van der Waals surface area contributed by atoms with E-state index in [1.165, 1.54) is 6.42 Å². The minimum Gasteiger partial charge on any atom is -0.287 e. The van der Waals surface area contributed by atoms with Crippen LogP contribution in [0.2, 0.25) is 5.04 Å². The predicted octanol–water partition coefficient (Wildman–Crippen LogP) is 1.73. The van der Waals surface area contributed by atoms with E-state index in [1.807, 2.05) is 0 Å². The van der Waals surface area contributed by atoms with Crippen LogP contribution in [0.4, 0.5) is 0 Å². The maximum absolute atomic E-state index is 10.9. The van der Waals surface area contributed by atoms with Crippen molar-refractivity contribution in [2.45, 2.75) is 37.1 Å². The van der Waals surface area contributed by atoms with Crippen molar-refractivity contribution in [1.29, 1.82) is 0 Å². The molecule has 0 aromatic carbocycles. The molecule has 1 saturated carbocycles. The van der Waals surface area contributed by atoms with E-state index in [0.29, 0.717) is 0 Å². The fraction of sp³-hybridized carbons (Fsp3) is 0.857. The zero-order chi connectivity index (χ0) is 7.61. The van der Waals surface area contributed by atoms with Crippen molar-refractivity contribution in [3.8, 4) is 0 Å². The molecule has 1 nitrogen and oxygen atoms in total. The Bertz CT molecular complexity index is 141. The van der Waals surface area contributed by atoms with Gasteiger partial charge < -0.3 is 0 Å². The van der Waals surface area contributed by atoms with E-state index in [-0.39, 0.29) is 10.2 Å². The van der Waals surface area contributed by atoms with Crippen molar-refractivity contribution in [3.05, 3.63) is 0 Å². The Morgan fingerprint density at radius 1 is 1.30 bits per heavy atom. The maximum Gasteiger partial charge on any atom is 0.188 e. The Labute approximate surface area is 70.4 Å². The molecule has 0 aliphatic heterocycles. The van der Waals surface area contributed by atoms with Gasteiger partial charge in [-0.05, 0) is 12.8 Å². The molecule has 0 aromatic heterocycles. The molecule has 55 valence electrons. The van der Waals surface area contributed by atoms with Gasteiger partial charge in [-0.1, -0.05) is 19.3 Å². The first-order chi connectivity index (χ1) is 4.65. The van der Waals surface area contributed by atoms with Gasteiger partial charge in [-0.2, -0.15) is 0 Å². The van der Waals surface area contributed by atoms with Gasteiger partial charge in [0.15, 0.2) is 5.12 Å². The minimum absolute atomic E-state index is 0.0103. The van der Waals surface area contributed by atoms with E-state index >= 15 is 0 Å². The van der Waals surface area contributed by atoms with Gasteiger partial charge in [0, 0.05) is 15.3 Å². The molecule has 0 amide bonds. The summed E-state index contributed by atoms with van der Waals surface area (Å²) in [5.74, 6) is 0. The van der Waals surface area contributed by atoms with Crippen molar-refractivity contribution in [2.75, 3.05) is 0 Å². The lowest BCUT2D eigenvalue weighted by Gasteiger charge is -2.29. The average Bonchev–Trinajstić information content (AvgIpc) is 1.89. The number of carbonyl (C=O) groups is 1. The van der Waals surface area contributed by atoms with E-state index in [1.54, 1.807) is 0 Å². The standard InChI is InChI=1S/C7H11OSSi/c8-6(9)7(10)4-2-1-3-5-7/h1-5H2,(H,8,9).